The Labute approximate surface area is 109 Å². The summed E-state index contributed by atoms with van der Waals surface area (Å²) in [6.45, 7) is 0. The summed E-state index contributed by atoms with van der Waals surface area (Å²) in [7, 11) is 0. The molecule has 0 saturated heterocycles. The molecular weight excluding hydrogens is 224 g/mol. The average Bonchev–Trinajstić information content (AvgIpc) is 2.34. The molecule has 2 rings (SSSR count). The SMILES string of the molecule is NC(=O)C1(Nc2ccccc2)CCCCCCC1. The Hall–Kier alpha value is -1.51. The molecule has 3 nitrogen and oxygen atoms in total. The van der Waals surface area contributed by atoms with E-state index in [1.54, 1.807) is 0 Å². The van der Waals surface area contributed by atoms with Crippen LogP contribution in [0.3, 0.4) is 0 Å². The molecule has 18 heavy (non-hydrogen) atoms. The molecule has 0 spiro atoms. The van der Waals surface area contributed by atoms with E-state index in [0.717, 1.165) is 31.4 Å². The van der Waals surface area contributed by atoms with Crippen LogP contribution >= 0.6 is 0 Å². The first-order valence-electron chi connectivity index (χ1n) is 6.86. The van der Waals surface area contributed by atoms with Crippen LogP contribution in [0.4, 0.5) is 5.69 Å². The van der Waals surface area contributed by atoms with E-state index in [-0.39, 0.29) is 5.91 Å². The van der Waals surface area contributed by atoms with E-state index in [9.17, 15) is 4.79 Å². The summed E-state index contributed by atoms with van der Waals surface area (Å²) in [6.07, 6.45) is 7.51. The van der Waals surface area contributed by atoms with Crippen molar-refractivity contribution in [3.8, 4) is 0 Å². The number of hydrogen-bond acceptors (Lipinski definition) is 2. The average molecular weight is 246 g/mol. The maximum atomic E-state index is 11.9. The van der Waals surface area contributed by atoms with E-state index in [4.69, 9.17) is 5.73 Å². The van der Waals surface area contributed by atoms with Crippen molar-refractivity contribution in [3.05, 3.63) is 30.3 Å². The monoisotopic (exact) mass is 246 g/mol. The number of rotatable bonds is 3. The highest BCUT2D eigenvalue weighted by molar-refractivity contribution is 5.88. The smallest absolute Gasteiger partial charge is 0.243 e. The van der Waals surface area contributed by atoms with E-state index in [1.807, 2.05) is 30.3 Å². The molecule has 0 atom stereocenters. The van der Waals surface area contributed by atoms with Crippen molar-refractivity contribution in [3.63, 3.8) is 0 Å². The van der Waals surface area contributed by atoms with E-state index < -0.39 is 5.54 Å². The Bertz CT molecular complexity index is 381. The van der Waals surface area contributed by atoms with Gasteiger partial charge in [0, 0.05) is 5.69 Å². The molecule has 0 heterocycles. The number of nitrogens with one attached hydrogen (secondary N) is 1. The van der Waals surface area contributed by atoms with Gasteiger partial charge in [-0.05, 0) is 25.0 Å². The molecule has 0 bridgehead atoms. The first kappa shape index (κ1) is 12.9. The number of primary amides is 1. The number of nitrogens with two attached hydrogens (primary N) is 1. The zero-order chi connectivity index (χ0) is 12.8. The Balaban J connectivity index is 2.17. The van der Waals surface area contributed by atoms with Gasteiger partial charge in [0.2, 0.25) is 5.91 Å². The normalized spacial score (nSPS) is 19.6. The summed E-state index contributed by atoms with van der Waals surface area (Å²) in [4.78, 5) is 11.9. The molecule has 0 radical (unpaired) electrons. The molecule has 1 amide bonds. The van der Waals surface area contributed by atoms with Crippen molar-refractivity contribution in [2.45, 2.75) is 50.5 Å². The molecule has 0 aromatic heterocycles. The van der Waals surface area contributed by atoms with Crippen molar-refractivity contribution < 1.29 is 4.79 Å². The van der Waals surface area contributed by atoms with Crippen LogP contribution in [0.2, 0.25) is 0 Å². The van der Waals surface area contributed by atoms with Gasteiger partial charge in [0.05, 0.1) is 0 Å². The maximum Gasteiger partial charge on any atom is 0.243 e. The molecule has 0 unspecified atom stereocenters. The second-order valence-corrected chi connectivity index (χ2v) is 5.21. The number of amides is 1. The van der Waals surface area contributed by atoms with E-state index in [2.05, 4.69) is 5.32 Å². The number of benzene rings is 1. The molecule has 3 N–H and O–H groups in total. The minimum Gasteiger partial charge on any atom is -0.371 e. The molecule has 0 aliphatic heterocycles. The fourth-order valence-electron chi connectivity index (χ4n) is 2.74. The molecule has 3 heteroatoms. The van der Waals surface area contributed by atoms with Gasteiger partial charge in [0.15, 0.2) is 0 Å². The highest BCUT2D eigenvalue weighted by atomic mass is 16.1. The van der Waals surface area contributed by atoms with Gasteiger partial charge in [-0.2, -0.15) is 0 Å². The van der Waals surface area contributed by atoms with Gasteiger partial charge in [-0.25, -0.2) is 0 Å². The Kier molecular flexibility index (Phi) is 4.24. The molecule has 98 valence electrons. The molecule has 1 aromatic carbocycles. The van der Waals surface area contributed by atoms with Crippen LogP contribution in [0.15, 0.2) is 30.3 Å². The molecular formula is C15H22N2O. The summed E-state index contributed by atoms with van der Waals surface area (Å²) in [5.41, 5.74) is 6.10. The Morgan fingerprint density at radius 3 is 2.11 bits per heavy atom. The summed E-state index contributed by atoms with van der Waals surface area (Å²) < 4.78 is 0. The first-order valence-corrected chi connectivity index (χ1v) is 6.86. The highest BCUT2D eigenvalue weighted by Crippen LogP contribution is 2.29. The van der Waals surface area contributed by atoms with Crippen molar-refractivity contribution in [1.82, 2.24) is 0 Å². The zero-order valence-electron chi connectivity index (χ0n) is 10.8. The summed E-state index contributed by atoms with van der Waals surface area (Å²) in [6, 6.07) is 9.90. The van der Waals surface area contributed by atoms with Gasteiger partial charge < -0.3 is 11.1 Å². The van der Waals surface area contributed by atoms with Gasteiger partial charge in [0.25, 0.3) is 0 Å². The van der Waals surface area contributed by atoms with E-state index in [0.29, 0.717) is 0 Å². The number of carbonyl (C=O) groups is 1. The quantitative estimate of drug-likeness (QED) is 0.861. The maximum absolute atomic E-state index is 11.9. The third-order valence-electron chi connectivity index (χ3n) is 3.84. The third kappa shape index (κ3) is 3.03. The summed E-state index contributed by atoms with van der Waals surface area (Å²) >= 11 is 0. The van der Waals surface area contributed by atoms with E-state index >= 15 is 0 Å². The largest absolute Gasteiger partial charge is 0.371 e. The topological polar surface area (TPSA) is 55.1 Å². The fourth-order valence-corrected chi connectivity index (χ4v) is 2.74. The van der Waals surface area contributed by atoms with Crippen LogP contribution in [0.1, 0.15) is 44.9 Å². The fraction of sp³-hybridized carbons (Fsp3) is 0.533. The molecule has 1 saturated carbocycles. The van der Waals surface area contributed by atoms with Gasteiger partial charge in [-0.1, -0.05) is 50.3 Å². The lowest BCUT2D eigenvalue weighted by Gasteiger charge is -2.34. The second-order valence-electron chi connectivity index (χ2n) is 5.21. The number of carbonyl (C=O) groups excluding carboxylic acids is 1. The number of anilines is 1. The summed E-state index contributed by atoms with van der Waals surface area (Å²) in [5, 5.41) is 3.39. The van der Waals surface area contributed by atoms with E-state index in [1.165, 1.54) is 19.3 Å². The van der Waals surface area contributed by atoms with Crippen LogP contribution in [-0.4, -0.2) is 11.4 Å². The van der Waals surface area contributed by atoms with Crippen LogP contribution < -0.4 is 11.1 Å². The number of hydrogen-bond donors (Lipinski definition) is 2. The predicted octanol–water partition coefficient (Wildman–Crippen LogP) is 3.07. The molecule has 1 aliphatic rings. The van der Waals surface area contributed by atoms with Gasteiger partial charge in [-0.3, -0.25) is 4.79 Å². The standard InChI is InChI=1S/C15H22N2O/c16-14(18)15(11-7-2-1-3-8-12-15)17-13-9-5-4-6-10-13/h4-6,9-10,17H,1-3,7-8,11-12H2,(H2,16,18). The highest BCUT2D eigenvalue weighted by Gasteiger charge is 2.35. The van der Waals surface area contributed by atoms with Crippen LogP contribution in [0.25, 0.3) is 0 Å². The lowest BCUT2D eigenvalue weighted by molar-refractivity contribution is -0.123. The Morgan fingerprint density at radius 2 is 1.56 bits per heavy atom. The minimum atomic E-state index is -0.554. The Morgan fingerprint density at radius 1 is 1.00 bits per heavy atom. The van der Waals surface area contributed by atoms with Crippen molar-refractivity contribution >= 4 is 11.6 Å². The lowest BCUT2D eigenvalue weighted by atomic mass is 9.83. The molecule has 1 aliphatic carbocycles. The van der Waals surface area contributed by atoms with Crippen molar-refractivity contribution in [2.75, 3.05) is 5.32 Å². The van der Waals surface area contributed by atoms with Crippen LogP contribution in [0, 0.1) is 0 Å². The molecule has 1 fully saturated rings. The van der Waals surface area contributed by atoms with Crippen LogP contribution in [0.5, 0.6) is 0 Å². The summed E-state index contributed by atoms with van der Waals surface area (Å²) in [5.74, 6) is -0.215. The molecule has 1 aromatic rings. The van der Waals surface area contributed by atoms with Crippen molar-refractivity contribution in [1.29, 1.82) is 0 Å². The predicted molar refractivity (Wildman–Crippen MR) is 74.3 cm³/mol. The lowest BCUT2D eigenvalue weighted by Crippen LogP contribution is -2.50. The second kappa shape index (κ2) is 5.89. The van der Waals surface area contributed by atoms with Gasteiger partial charge in [0.1, 0.15) is 5.54 Å². The zero-order valence-corrected chi connectivity index (χ0v) is 10.8. The van der Waals surface area contributed by atoms with Gasteiger partial charge >= 0.3 is 0 Å². The first-order chi connectivity index (χ1) is 8.73. The number of para-hydroxylation sites is 1. The minimum absolute atomic E-state index is 0.215. The van der Waals surface area contributed by atoms with Crippen LogP contribution in [-0.2, 0) is 4.79 Å². The van der Waals surface area contributed by atoms with Gasteiger partial charge in [-0.15, -0.1) is 0 Å². The third-order valence-corrected chi connectivity index (χ3v) is 3.84. The van der Waals surface area contributed by atoms with Crippen molar-refractivity contribution in [2.24, 2.45) is 5.73 Å².